The van der Waals surface area contributed by atoms with Crippen LogP contribution in [0.15, 0.2) is 60.7 Å². The highest BCUT2D eigenvalue weighted by Gasteiger charge is 2.26. The minimum absolute atomic E-state index is 0.169. The summed E-state index contributed by atoms with van der Waals surface area (Å²) in [5.41, 5.74) is 1.89. The van der Waals surface area contributed by atoms with Gasteiger partial charge >= 0.3 is 6.09 Å². The molecule has 5 nitrogen and oxygen atoms in total. The van der Waals surface area contributed by atoms with Crippen LogP contribution in [0.5, 0.6) is 0 Å². The topological polar surface area (TPSA) is 67.4 Å². The van der Waals surface area contributed by atoms with Crippen LogP contribution < -0.4 is 10.6 Å². The van der Waals surface area contributed by atoms with Crippen LogP contribution in [0.4, 0.5) is 4.79 Å². The first-order chi connectivity index (χ1) is 12.7. The normalized spacial score (nSPS) is 14.3. The summed E-state index contributed by atoms with van der Waals surface area (Å²) in [6, 6.07) is 18.4. The lowest BCUT2D eigenvalue weighted by Crippen LogP contribution is -2.48. The van der Waals surface area contributed by atoms with Crippen molar-refractivity contribution in [1.82, 2.24) is 10.6 Å². The number of hydrogen-bond acceptors (Lipinski definition) is 3. The molecular formula is C21H24N2O3. The third kappa shape index (κ3) is 5.92. The predicted octanol–water partition coefficient (Wildman–Crippen LogP) is 3.05. The molecule has 26 heavy (non-hydrogen) atoms. The van der Waals surface area contributed by atoms with Gasteiger partial charge in [-0.05, 0) is 29.9 Å². The van der Waals surface area contributed by atoms with Crippen molar-refractivity contribution in [3.8, 4) is 0 Å². The zero-order valence-corrected chi connectivity index (χ0v) is 14.7. The van der Waals surface area contributed by atoms with Gasteiger partial charge in [0, 0.05) is 13.0 Å². The van der Waals surface area contributed by atoms with Gasteiger partial charge in [-0.15, -0.1) is 0 Å². The summed E-state index contributed by atoms with van der Waals surface area (Å²) < 4.78 is 5.25. The van der Waals surface area contributed by atoms with Gasteiger partial charge in [0.05, 0.1) is 0 Å². The second-order valence-electron chi connectivity index (χ2n) is 6.64. The van der Waals surface area contributed by atoms with E-state index in [1.807, 2.05) is 60.7 Å². The lowest BCUT2D eigenvalue weighted by molar-refractivity contribution is -0.123. The molecule has 2 N–H and O–H groups in total. The maximum atomic E-state index is 12.5. The molecule has 0 radical (unpaired) electrons. The van der Waals surface area contributed by atoms with E-state index in [2.05, 4.69) is 10.6 Å². The van der Waals surface area contributed by atoms with Crippen molar-refractivity contribution < 1.29 is 14.3 Å². The molecule has 3 rings (SSSR count). The first-order valence-electron chi connectivity index (χ1n) is 8.99. The van der Waals surface area contributed by atoms with Gasteiger partial charge in [0.15, 0.2) is 0 Å². The quantitative estimate of drug-likeness (QED) is 0.767. The predicted molar refractivity (Wildman–Crippen MR) is 99.4 cm³/mol. The molecule has 0 bridgehead atoms. The fraction of sp³-hybridized carbons (Fsp3) is 0.333. The van der Waals surface area contributed by atoms with Gasteiger partial charge in [-0.25, -0.2) is 4.79 Å². The number of amides is 2. The molecule has 2 aromatic rings. The molecule has 1 aliphatic rings. The maximum absolute atomic E-state index is 12.5. The van der Waals surface area contributed by atoms with E-state index >= 15 is 0 Å². The number of alkyl carbamates (subject to hydrolysis) is 1. The Morgan fingerprint density at radius 2 is 1.58 bits per heavy atom. The van der Waals surface area contributed by atoms with E-state index in [1.165, 1.54) is 0 Å². The number of nitrogens with one attached hydrogen (secondary N) is 2. The Bertz CT molecular complexity index is 715. The molecule has 0 unspecified atom stereocenters. The van der Waals surface area contributed by atoms with Gasteiger partial charge in [-0.1, -0.05) is 60.7 Å². The standard InChI is InChI=1S/C21H24N2O3/c24-20(22-14-17-11-12-17)19(13-16-7-3-1-4-8-16)23-21(25)26-15-18-9-5-2-6-10-18/h1-10,17,19H,11-15H2,(H,22,24)(H,23,25)/t19-/m1/s1. The van der Waals surface area contributed by atoms with Crippen LogP contribution >= 0.6 is 0 Å². The first-order valence-corrected chi connectivity index (χ1v) is 8.99. The molecule has 5 heteroatoms. The van der Waals surface area contributed by atoms with Crippen molar-refractivity contribution in [2.24, 2.45) is 5.92 Å². The zero-order valence-electron chi connectivity index (χ0n) is 14.7. The molecule has 0 saturated heterocycles. The van der Waals surface area contributed by atoms with E-state index < -0.39 is 12.1 Å². The van der Waals surface area contributed by atoms with Crippen LogP contribution in [0.3, 0.4) is 0 Å². The fourth-order valence-electron chi connectivity index (χ4n) is 2.66. The molecule has 0 aromatic heterocycles. The Balaban J connectivity index is 1.56. The summed E-state index contributed by atoms with van der Waals surface area (Å²) in [5, 5.41) is 5.64. The van der Waals surface area contributed by atoms with Crippen molar-refractivity contribution >= 4 is 12.0 Å². The van der Waals surface area contributed by atoms with E-state index in [0.29, 0.717) is 18.9 Å². The fourth-order valence-corrected chi connectivity index (χ4v) is 2.66. The third-order valence-corrected chi connectivity index (χ3v) is 4.37. The molecule has 1 atom stereocenters. The monoisotopic (exact) mass is 352 g/mol. The minimum Gasteiger partial charge on any atom is -0.445 e. The number of carbonyl (C=O) groups excluding carboxylic acids is 2. The number of benzene rings is 2. The summed E-state index contributed by atoms with van der Waals surface area (Å²) >= 11 is 0. The number of hydrogen-bond donors (Lipinski definition) is 2. The third-order valence-electron chi connectivity index (χ3n) is 4.37. The van der Waals surface area contributed by atoms with Gasteiger partial charge < -0.3 is 15.4 Å². The van der Waals surface area contributed by atoms with E-state index in [0.717, 1.165) is 24.0 Å². The Hall–Kier alpha value is -2.82. The molecule has 2 amide bonds. The van der Waals surface area contributed by atoms with E-state index in [1.54, 1.807) is 0 Å². The Labute approximate surface area is 153 Å². The molecule has 0 aliphatic heterocycles. The average Bonchev–Trinajstić information content (AvgIpc) is 3.50. The van der Waals surface area contributed by atoms with Crippen molar-refractivity contribution in [2.75, 3.05) is 6.54 Å². The van der Waals surface area contributed by atoms with Crippen LogP contribution in [0, 0.1) is 5.92 Å². The van der Waals surface area contributed by atoms with Crippen molar-refractivity contribution in [3.63, 3.8) is 0 Å². The summed E-state index contributed by atoms with van der Waals surface area (Å²) in [4.78, 5) is 24.7. The van der Waals surface area contributed by atoms with Crippen molar-refractivity contribution in [2.45, 2.75) is 31.9 Å². The Kier molecular flexibility index (Phi) is 6.25. The van der Waals surface area contributed by atoms with Crippen LogP contribution in [0.25, 0.3) is 0 Å². The SMILES string of the molecule is O=C(N[C@H](Cc1ccccc1)C(=O)NCC1CC1)OCc1ccccc1. The second kappa shape index (κ2) is 9.04. The molecular weight excluding hydrogens is 328 g/mol. The number of ether oxygens (including phenoxy) is 1. The summed E-state index contributed by atoms with van der Waals surface area (Å²) in [5.74, 6) is 0.416. The first kappa shape index (κ1) is 18.0. The smallest absolute Gasteiger partial charge is 0.408 e. The van der Waals surface area contributed by atoms with Gasteiger partial charge in [0.25, 0.3) is 0 Å². The second-order valence-corrected chi connectivity index (χ2v) is 6.64. The van der Waals surface area contributed by atoms with Crippen molar-refractivity contribution in [3.05, 3.63) is 71.8 Å². The van der Waals surface area contributed by atoms with E-state index in [9.17, 15) is 9.59 Å². The highest BCUT2D eigenvalue weighted by Crippen LogP contribution is 2.27. The summed E-state index contributed by atoms with van der Waals surface area (Å²) in [6.07, 6.45) is 2.17. The van der Waals surface area contributed by atoms with Crippen LogP contribution in [-0.4, -0.2) is 24.6 Å². The highest BCUT2D eigenvalue weighted by molar-refractivity contribution is 5.85. The molecule has 1 saturated carbocycles. The zero-order chi connectivity index (χ0) is 18.2. The van der Waals surface area contributed by atoms with Crippen LogP contribution in [0.2, 0.25) is 0 Å². The molecule has 136 valence electrons. The highest BCUT2D eigenvalue weighted by atomic mass is 16.5. The number of rotatable bonds is 8. The molecule has 1 fully saturated rings. The summed E-state index contributed by atoms with van der Waals surface area (Å²) in [6.45, 7) is 0.847. The lowest BCUT2D eigenvalue weighted by atomic mass is 10.1. The molecule has 1 aliphatic carbocycles. The van der Waals surface area contributed by atoms with Gasteiger partial charge in [-0.3, -0.25) is 4.79 Å². The minimum atomic E-state index is -0.653. The largest absolute Gasteiger partial charge is 0.445 e. The van der Waals surface area contributed by atoms with E-state index in [4.69, 9.17) is 4.74 Å². The molecule has 0 heterocycles. The lowest BCUT2D eigenvalue weighted by Gasteiger charge is -2.18. The number of carbonyl (C=O) groups is 2. The van der Waals surface area contributed by atoms with Gasteiger partial charge in [0.1, 0.15) is 12.6 Å². The molecule has 2 aromatic carbocycles. The Morgan fingerprint density at radius 3 is 2.19 bits per heavy atom. The Morgan fingerprint density at radius 1 is 0.962 bits per heavy atom. The summed E-state index contributed by atoms with van der Waals surface area (Å²) in [7, 11) is 0. The van der Waals surface area contributed by atoms with E-state index in [-0.39, 0.29) is 12.5 Å². The molecule has 0 spiro atoms. The average molecular weight is 352 g/mol. The van der Waals surface area contributed by atoms with Gasteiger partial charge in [0.2, 0.25) is 5.91 Å². The van der Waals surface area contributed by atoms with Crippen LogP contribution in [-0.2, 0) is 22.6 Å². The maximum Gasteiger partial charge on any atom is 0.408 e. The van der Waals surface area contributed by atoms with Crippen LogP contribution in [0.1, 0.15) is 24.0 Å². The van der Waals surface area contributed by atoms with Crippen molar-refractivity contribution in [1.29, 1.82) is 0 Å². The van der Waals surface area contributed by atoms with Gasteiger partial charge in [-0.2, -0.15) is 0 Å².